The second-order valence-electron chi connectivity index (χ2n) is 4.77. The minimum absolute atomic E-state index is 0.00790. The molecule has 1 amide bonds. The molecule has 6 heteroatoms. The van der Waals surface area contributed by atoms with Crippen LogP contribution in [0.1, 0.15) is 15.4 Å². The number of carbonyl (C=O) groups is 1. The van der Waals surface area contributed by atoms with Gasteiger partial charge in [0.05, 0.1) is 5.69 Å². The summed E-state index contributed by atoms with van der Waals surface area (Å²) < 4.78 is 0. The molecule has 2 aromatic rings. The number of thiazole rings is 1. The first-order valence-corrected chi connectivity index (χ1v) is 7.85. The number of hydrogen-bond donors (Lipinski definition) is 1. The van der Waals surface area contributed by atoms with Gasteiger partial charge in [0.2, 0.25) is 0 Å². The highest BCUT2D eigenvalue weighted by molar-refractivity contribution is 7.17. The number of carbonyl (C=O) groups excluding carboxylic acids is 1. The van der Waals surface area contributed by atoms with Crippen molar-refractivity contribution in [3.05, 3.63) is 39.9 Å². The van der Waals surface area contributed by atoms with Gasteiger partial charge >= 0.3 is 0 Å². The predicted octanol–water partition coefficient (Wildman–Crippen LogP) is 3.06. The molecule has 0 radical (unpaired) electrons. The highest BCUT2D eigenvalue weighted by Gasteiger charge is 2.19. The molecule has 0 unspecified atom stereocenters. The van der Waals surface area contributed by atoms with E-state index in [1.807, 2.05) is 38.2 Å². The molecule has 112 valence electrons. The molecular formula is C15H18ClN3OS. The van der Waals surface area contributed by atoms with E-state index in [1.54, 1.807) is 11.9 Å². The molecule has 1 aromatic carbocycles. The van der Waals surface area contributed by atoms with Crippen molar-refractivity contribution in [2.45, 2.75) is 6.92 Å². The van der Waals surface area contributed by atoms with Crippen molar-refractivity contribution in [1.82, 2.24) is 15.2 Å². The van der Waals surface area contributed by atoms with Gasteiger partial charge in [-0.05, 0) is 26.1 Å². The van der Waals surface area contributed by atoms with E-state index in [4.69, 9.17) is 11.6 Å². The molecular weight excluding hydrogens is 306 g/mol. The van der Waals surface area contributed by atoms with Crippen LogP contribution in [0.4, 0.5) is 0 Å². The lowest BCUT2D eigenvalue weighted by molar-refractivity contribution is 0.0800. The zero-order valence-corrected chi connectivity index (χ0v) is 13.9. The molecule has 0 saturated carbocycles. The van der Waals surface area contributed by atoms with E-state index in [2.05, 4.69) is 10.3 Å². The Morgan fingerprint density at radius 3 is 2.90 bits per heavy atom. The summed E-state index contributed by atoms with van der Waals surface area (Å²) in [5.74, 6) is 0.00790. The van der Waals surface area contributed by atoms with Crippen LogP contribution in [0.3, 0.4) is 0 Å². The number of aryl methyl sites for hydroxylation is 1. The summed E-state index contributed by atoms with van der Waals surface area (Å²) in [5, 5.41) is 4.52. The van der Waals surface area contributed by atoms with E-state index in [1.165, 1.54) is 11.3 Å². The molecule has 0 fully saturated rings. The van der Waals surface area contributed by atoms with Gasteiger partial charge in [-0.25, -0.2) is 4.98 Å². The molecule has 1 N–H and O–H groups in total. The Morgan fingerprint density at radius 2 is 2.24 bits per heavy atom. The minimum Gasteiger partial charge on any atom is -0.340 e. The van der Waals surface area contributed by atoms with E-state index in [0.29, 0.717) is 16.4 Å². The summed E-state index contributed by atoms with van der Waals surface area (Å²) in [6.45, 7) is 3.30. The van der Waals surface area contributed by atoms with Gasteiger partial charge in [0.15, 0.2) is 0 Å². The Balaban J connectivity index is 2.25. The summed E-state index contributed by atoms with van der Waals surface area (Å²) >= 11 is 7.42. The molecule has 21 heavy (non-hydrogen) atoms. The predicted molar refractivity (Wildman–Crippen MR) is 88.2 cm³/mol. The van der Waals surface area contributed by atoms with E-state index < -0.39 is 0 Å². The quantitative estimate of drug-likeness (QED) is 0.919. The van der Waals surface area contributed by atoms with Crippen LogP contribution in [0.15, 0.2) is 24.3 Å². The Morgan fingerprint density at radius 1 is 1.48 bits per heavy atom. The molecule has 0 aliphatic heterocycles. The van der Waals surface area contributed by atoms with Gasteiger partial charge in [-0.2, -0.15) is 0 Å². The minimum atomic E-state index is 0.00790. The van der Waals surface area contributed by atoms with Gasteiger partial charge in [-0.15, -0.1) is 11.3 Å². The summed E-state index contributed by atoms with van der Waals surface area (Å²) in [6.07, 6.45) is 0. The van der Waals surface area contributed by atoms with Crippen LogP contribution >= 0.6 is 22.9 Å². The van der Waals surface area contributed by atoms with Crippen LogP contribution in [-0.4, -0.2) is 43.0 Å². The van der Waals surface area contributed by atoms with E-state index in [0.717, 1.165) is 22.8 Å². The van der Waals surface area contributed by atoms with Crippen molar-refractivity contribution in [3.63, 3.8) is 0 Å². The van der Waals surface area contributed by atoms with Gasteiger partial charge in [-0.3, -0.25) is 4.79 Å². The Kier molecular flexibility index (Phi) is 5.33. The number of amides is 1. The third kappa shape index (κ3) is 3.81. The van der Waals surface area contributed by atoms with Crippen molar-refractivity contribution >= 4 is 28.8 Å². The molecule has 0 aliphatic carbocycles. The van der Waals surface area contributed by atoms with Gasteiger partial charge in [-0.1, -0.05) is 23.7 Å². The molecule has 4 nitrogen and oxygen atoms in total. The summed E-state index contributed by atoms with van der Waals surface area (Å²) in [5.41, 5.74) is 1.70. The topological polar surface area (TPSA) is 45.2 Å². The monoisotopic (exact) mass is 323 g/mol. The zero-order chi connectivity index (χ0) is 15.4. The van der Waals surface area contributed by atoms with Crippen molar-refractivity contribution in [2.75, 3.05) is 27.2 Å². The highest BCUT2D eigenvalue weighted by Crippen LogP contribution is 2.30. The van der Waals surface area contributed by atoms with Crippen LogP contribution in [0.2, 0.25) is 5.02 Å². The Bertz CT molecular complexity index is 642. The first-order chi connectivity index (χ1) is 10.0. The van der Waals surface area contributed by atoms with Gasteiger partial charge in [0, 0.05) is 30.7 Å². The summed E-state index contributed by atoms with van der Waals surface area (Å²) in [4.78, 5) is 19.3. The number of rotatable bonds is 5. The number of benzene rings is 1. The molecule has 2 rings (SSSR count). The van der Waals surface area contributed by atoms with Crippen molar-refractivity contribution in [3.8, 4) is 10.6 Å². The summed E-state index contributed by atoms with van der Waals surface area (Å²) in [6, 6.07) is 7.51. The van der Waals surface area contributed by atoms with E-state index in [9.17, 15) is 4.79 Å². The first kappa shape index (κ1) is 15.9. The van der Waals surface area contributed by atoms with Crippen molar-refractivity contribution in [2.24, 2.45) is 0 Å². The van der Waals surface area contributed by atoms with Crippen LogP contribution in [0.5, 0.6) is 0 Å². The second kappa shape index (κ2) is 7.02. The fraction of sp³-hybridized carbons (Fsp3) is 0.333. The number of nitrogens with one attached hydrogen (secondary N) is 1. The third-order valence-corrected chi connectivity index (χ3v) is 4.54. The number of halogens is 1. The third-order valence-electron chi connectivity index (χ3n) is 3.11. The van der Waals surface area contributed by atoms with Crippen molar-refractivity contribution < 1.29 is 4.79 Å². The first-order valence-electron chi connectivity index (χ1n) is 6.66. The van der Waals surface area contributed by atoms with Crippen LogP contribution in [0.25, 0.3) is 10.6 Å². The average Bonchev–Trinajstić information content (AvgIpc) is 2.86. The van der Waals surface area contributed by atoms with Crippen LogP contribution in [0, 0.1) is 6.92 Å². The number of aromatic nitrogens is 1. The van der Waals surface area contributed by atoms with E-state index in [-0.39, 0.29) is 5.91 Å². The highest BCUT2D eigenvalue weighted by atomic mass is 35.5. The fourth-order valence-electron chi connectivity index (χ4n) is 1.89. The van der Waals surface area contributed by atoms with Crippen molar-refractivity contribution in [1.29, 1.82) is 0 Å². The SMILES string of the molecule is CNCCN(C)C(=O)c1sc(-c2cccc(Cl)c2)nc1C. The number of likely N-dealkylation sites (N-methyl/N-ethyl adjacent to an activating group) is 2. The van der Waals surface area contributed by atoms with Gasteiger partial charge < -0.3 is 10.2 Å². The molecule has 0 saturated heterocycles. The number of hydrogen-bond acceptors (Lipinski definition) is 4. The lowest BCUT2D eigenvalue weighted by Crippen LogP contribution is -2.32. The maximum absolute atomic E-state index is 12.4. The standard InChI is InChI=1S/C15H18ClN3OS/c1-10-13(15(20)19(3)8-7-17-2)21-14(18-10)11-5-4-6-12(16)9-11/h4-6,9,17H,7-8H2,1-3H3. The fourth-order valence-corrected chi connectivity index (χ4v) is 3.14. The van der Waals surface area contributed by atoms with Gasteiger partial charge in [0.1, 0.15) is 9.88 Å². The zero-order valence-electron chi connectivity index (χ0n) is 12.3. The van der Waals surface area contributed by atoms with E-state index >= 15 is 0 Å². The molecule has 0 bridgehead atoms. The molecule has 0 atom stereocenters. The van der Waals surface area contributed by atoms with Gasteiger partial charge in [0.25, 0.3) is 5.91 Å². The number of nitrogens with zero attached hydrogens (tertiary/aromatic N) is 2. The lowest BCUT2D eigenvalue weighted by atomic mass is 10.2. The average molecular weight is 324 g/mol. The second-order valence-corrected chi connectivity index (χ2v) is 6.21. The Labute approximate surface area is 133 Å². The molecule has 1 heterocycles. The molecule has 0 aliphatic rings. The summed E-state index contributed by atoms with van der Waals surface area (Å²) in [7, 11) is 3.67. The maximum Gasteiger partial charge on any atom is 0.265 e. The molecule has 1 aromatic heterocycles. The largest absolute Gasteiger partial charge is 0.340 e. The molecule has 0 spiro atoms. The lowest BCUT2D eigenvalue weighted by Gasteiger charge is -2.15. The van der Waals surface area contributed by atoms with Crippen LogP contribution in [-0.2, 0) is 0 Å². The smallest absolute Gasteiger partial charge is 0.265 e. The Hall–Kier alpha value is -1.43. The normalized spacial score (nSPS) is 10.7. The maximum atomic E-state index is 12.4. The van der Waals surface area contributed by atoms with Crippen LogP contribution < -0.4 is 5.32 Å².